The molecule has 2 aromatic rings. The Morgan fingerprint density at radius 1 is 1.30 bits per heavy atom. The minimum Gasteiger partial charge on any atom is -0.273 e. The Morgan fingerprint density at radius 3 is 2.50 bits per heavy atom. The van der Waals surface area contributed by atoms with E-state index in [9.17, 15) is 12.8 Å². The number of halogens is 1. The monoisotopic (exact) mass is 316 g/mol. The van der Waals surface area contributed by atoms with Gasteiger partial charge in [0.25, 0.3) is 0 Å². The van der Waals surface area contributed by atoms with Crippen LogP contribution in [0.1, 0.15) is 5.82 Å². The molecule has 0 saturated carbocycles. The van der Waals surface area contributed by atoms with Crippen LogP contribution >= 0.6 is 11.8 Å². The van der Waals surface area contributed by atoms with Gasteiger partial charge in [0.15, 0.2) is 11.0 Å². The van der Waals surface area contributed by atoms with Crippen LogP contribution in [0, 0.1) is 5.82 Å². The van der Waals surface area contributed by atoms with E-state index in [1.165, 1.54) is 23.9 Å². The van der Waals surface area contributed by atoms with Crippen LogP contribution in [0.2, 0.25) is 0 Å². The van der Waals surface area contributed by atoms with Gasteiger partial charge in [0, 0.05) is 5.69 Å². The number of thioether (sulfide) groups is 1. The molecule has 0 aliphatic heterocycles. The summed E-state index contributed by atoms with van der Waals surface area (Å²) in [5, 5.41) is 8.54. The van der Waals surface area contributed by atoms with Crippen molar-refractivity contribution in [1.29, 1.82) is 0 Å². The molecule has 1 N–H and O–H groups in total. The van der Waals surface area contributed by atoms with Crippen LogP contribution in [0.5, 0.6) is 0 Å². The Balaban J connectivity index is 2.39. The highest BCUT2D eigenvalue weighted by molar-refractivity contribution is 7.98. The molecule has 0 bridgehead atoms. The summed E-state index contributed by atoms with van der Waals surface area (Å²) in [6.07, 6.45) is 2.90. The van der Waals surface area contributed by atoms with Crippen molar-refractivity contribution >= 4 is 21.8 Å². The highest BCUT2D eigenvalue weighted by Crippen LogP contribution is 2.20. The first kappa shape index (κ1) is 14.9. The van der Waals surface area contributed by atoms with Gasteiger partial charge in [0.2, 0.25) is 10.0 Å². The summed E-state index contributed by atoms with van der Waals surface area (Å²) in [5.74, 6) is 0.0923. The first-order valence-electron chi connectivity index (χ1n) is 5.59. The molecule has 0 saturated heterocycles. The number of nitrogens with zero attached hydrogens (tertiary/aromatic N) is 3. The van der Waals surface area contributed by atoms with Crippen molar-refractivity contribution in [2.75, 3.05) is 12.5 Å². The van der Waals surface area contributed by atoms with Gasteiger partial charge in [0.1, 0.15) is 5.82 Å². The Kier molecular flexibility index (Phi) is 4.41. The number of rotatable bonds is 5. The van der Waals surface area contributed by atoms with Crippen LogP contribution < -0.4 is 4.72 Å². The van der Waals surface area contributed by atoms with Crippen LogP contribution in [0.25, 0.3) is 5.69 Å². The summed E-state index contributed by atoms with van der Waals surface area (Å²) >= 11 is 1.37. The van der Waals surface area contributed by atoms with E-state index in [0.29, 0.717) is 16.7 Å². The number of sulfonamides is 1. The van der Waals surface area contributed by atoms with Gasteiger partial charge in [0.05, 0.1) is 12.8 Å². The topological polar surface area (TPSA) is 76.9 Å². The molecule has 108 valence electrons. The molecule has 0 atom stereocenters. The molecular weight excluding hydrogens is 303 g/mol. The average Bonchev–Trinajstić information content (AvgIpc) is 2.79. The molecule has 0 unspecified atom stereocenters. The molecule has 0 radical (unpaired) electrons. The largest absolute Gasteiger partial charge is 0.273 e. The number of benzene rings is 1. The molecule has 1 heterocycles. The Morgan fingerprint density at radius 2 is 1.95 bits per heavy atom. The van der Waals surface area contributed by atoms with Gasteiger partial charge in [-0.15, -0.1) is 10.2 Å². The van der Waals surface area contributed by atoms with Gasteiger partial charge in [-0.05, 0) is 30.5 Å². The molecular formula is C11H13FN4O2S2. The predicted octanol–water partition coefficient (Wildman–Crippen LogP) is 1.18. The van der Waals surface area contributed by atoms with E-state index in [2.05, 4.69) is 14.9 Å². The lowest BCUT2D eigenvalue weighted by Crippen LogP contribution is -2.23. The van der Waals surface area contributed by atoms with Gasteiger partial charge in [-0.2, -0.15) is 0 Å². The SMILES string of the molecule is CSc1nnc(CNS(C)(=O)=O)n1-c1ccc(F)cc1. The van der Waals surface area contributed by atoms with Crippen LogP contribution in [-0.4, -0.2) is 35.7 Å². The molecule has 0 fully saturated rings. The number of hydrogen-bond acceptors (Lipinski definition) is 5. The highest BCUT2D eigenvalue weighted by atomic mass is 32.2. The van der Waals surface area contributed by atoms with Crippen molar-refractivity contribution in [3.05, 3.63) is 35.9 Å². The molecule has 9 heteroatoms. The normalized spacial score (nSPS) is 11.8. The smallest absolute Gasteiger partial charge is 0.209 e. The van der Waals surface area contributed by atoms with E-state index in [0.717, 1.165) is 6.26 Å². The van der Waals surface area contributed by atoms with E-state index in [-0.39, 0.29) is 12.4 Å². The van der Waals surface area contributed by atoms with E-state index >= 15 is 0 Å². The van der Waals surface area contributed by atoms with Crippen molar-refractivity contribution in [3.8, 4) is 5.69 Å². The number of nitrogens with one attached hydrogen (secondary N) is 1. The van der Waals surface area contributed by atoms with Gasteiger partial charge < -0.3 is 0 Å². The van der Waals surface area contributed by atoms with Gasteiger partial charge >= 0.3 is 0 Å². The zero-order chi connectivity index (χ0) is 14.8. The zero-order valence-electron chi connectivity index (χ0n) is 10.9. The lowest BCUT2D eigenvalue weighted by atomic mass is 10.3. The van der Waals surface area contributed by atoms with Crippen molar-refractivity contribution < 1.29 is 12.8 Å². The highest BCUT2D eigenvalue weighted by Gasteiger charge is 2.14. The summed E-state index contributed by atoms with van der Waals surface area (Å²) in [7, 11) is -3.32. The van der Waals surface area contributed by atoms with Crippen LogP contribution in [0.3, 0.4) is 0 Å². The summed E-state index contributed by atoms with van der Waals surface area (Å²) in [6, 6.07) is 5.82. The average molecular weight is 316 g/mol. The van der Waals surface area contributed by atoms with E-state index in [4.69, 9.17) is 0 Å². The van der Waals surface area contributed by atoms with E-state index in [1.807, 2.05) is 6.26 Å². The second-order valence-electron chi connectivity index (χ2n) is 4.01. The van der Waals surface area contributed by atoms with Gasteiger partial charge in [-0.25, -0.2) is 17.5 Å². The van der Waals surface area contributed by atoms with Gasteiger partial charge in [-0.3, -0.25) is 4.57 Å². The first-order valence-corrected chi connectivity index (χ1v) is 8.71. The molecule has 1 aromatic carbocycles. The molecule has 20 heavy (non-hydrogen) atoms. The number of hydrogen-bond donors (Lipinski definition) is 1. The molecule has 0 spiro atoms. The van der Waals surface area contributed by atoms with Crippen molar-refractivity contribution in [1.82, 2.24) is 19.5 Å². The maximum atomic E-state index is 13.0. The predicted molar refractivity (Wildman–Crippen MR) is 74.8 cm³/mol. The van der Waals surface area contributed by atoms with Crippen molar-refractivity contribution in [3.63, 3.8) is 0 Å². The Labute approximate surface area is 120 Å². The molecule has 0 aliphatic rings. The van der Waals surface area contributed by atoms with Crippen LogP contribution in [0.4, 0.5) is 4.39 Å². The first-order chi connectivity index (χ1) is 9.40. The van der Waals surface area contributed by atoms with Crippen LogP contribution in [-0.2, 0) is 16.6 Å². The molecule has 0 aliphatic carbocycles. The third kappa shape index (κ3) is 3.56. The van der Waals surface area contributed by atoms with Crippen molar-refractivity contribution in [2.24, 2.45) is 0 Å². The van der Waals surface area contributed by atoms with Gasteiger partial charge in [-0.1, -0.05) is 11.8 Å². The summed E-state index contributed by atoms with van der Waals surface area (Å²) in [5.41, 5.74) is 0.672. The zero-order valence-corrected chi connectivity index (χ0v) is 12.5. The fraction of sp³-hybridized carbons (Fsp3) is 0.273. The quantitative estimate of drug-likeness (QED) is 0.838. The minimum absolute atomic E-state index is 0.0176. The molecule has 1 aromatic heterocycles. The minimum atomic E-state index is -3.32. The molecule has 2 rings (SSSR count). The Bertz CT molecular complexity index is 698. The lowest BCUT2D eigenvalue weighted by Gasteiger charge is -2.09. The van der Waals surface area contributed by atoms with E-state index < -0.39 is 10.0 Å². The maximum absolute atomic E-state index is 13.0. The lowest BCUT2D eigenvalue weighted by molar-refractivity contribution is 0.584. The second-order valence-corrected chi connectivity index (χ2v) is 6.61. The summed E-state index contributed by atoms with van der Waals surface area (Å²) in [6.45, 7) is 0.0176. The third-order valence-corrected chi connectivity index (χ3v) is 3.76. The summed E-state index contributed by atoms with van der Waals surface area (Å²) < 4.78 is 39.3. The molecule has 0 amide bonds. The maximum Gasteiger partial charge on any atom is 0.209 e. The standard InChI is InChI=1S/C11H13FN4O2S2/c1-19-11-15-14-10(7-13-20(2,17)18)16(11)9-5-3-8(12)4-6-9/h3-6,13H,7H2,1-2H3. The second kappa shape index (κ2) is 5.90. The van der Waals surface area contributed by atoms with Crippen LogP contribution in [0.15, 0.2) is 29.4 Å². The fourth-order valence-electron chi connectivity index (χ4n) is 1.59. The molecule has 6 nitrogen and oxygen atoms in total. The van der Waals surface area contributed by atoms with Crippen molar-refractivity contribution in [2.45, 2.75) is 11.7 Å². The van der Waals surface area contributed by atoms with E-state index in [1.54, 1.807) is 16.7 Å². The summed E-state index contributed by atoms with van der Waals surface area (Å²) in [4.78, 5) is 0. The number of aromatic nitrogens is 3. The fourth-order valence-corrected chi connectivity index (χ4v) is 2.50. The Hall–Kier alpha value is -1.45. The third-order valence-electron chi connectivity index (χ3n) is 2.46.